The third kappa shape index (κ3) is 3.38. The van der Waals surface area contributed by atoms with Crippen LogP contribution >= 0.6 is 0 Å². The van der Waals surface area contributed by atoms with E-state index in [-0.39, 0.29) is 11.6 Å². The molecular formula is C18H17N3O3. The topological polar surface area (TPSA) is 80.0 Å². The molecule has 2 N–H and O–H groups in total. The molecule has 3 rings (SSSR count). The van der Waals surface area contributed by atoms with Crippen LogP contribution in [0.1, 0.15) is 17.2 Å². The van der Waals surface area contributed by atoms with Crippen molar-refractivity contribution in [3.05, 3.63) is 76.4 Å². The van der Waals surface area contributed by atoms with Gasteiger partial charge in [0.1, 0.15) is 11.5 Å². The third-order valence-electron chi connectivity index (χ3n) is 3.49. The van der Waals surface area contributed by atoms with E-state index in [1.165, 1.54) is 10.6 Å². The summed E-state index contributed by atoms with van der Waals surface area (Å²) in [5.74, 6) is 1.13. The van der Waals surface area contributed by atoms with Gasteiger partial charge in [0.15, 0.2) is 0 Å². The molecule has 0 atom stereocenters. The molecule has 0 bridgehead atoms. The maximum absolute atomic E-state index is 12.0. The van der Waals surface area contributed by atoms with Gasteiger partial charge in [-0.1, -0.05) is 6.07 Å². The van der Waals surface area contributed by atoms with Crippen molar-refractivity contribution in [3.63, 3.8) is 0 Å². The van der Waals surface area contributed by atoms with Crippen LogP contribution in [0.2, 0.25) is 0 Å². The predicted molar refractivity (Wildman–Crippen MR) is 92.2 cm³/mol. The van der Waals surface area contributed by atoms with E-state index in [1.54, 1.807) is 42.6 Å². The Morgan fingerprint density at radius 3 is 2.75 bits per heavy atom. The number of hydrogen-bond donors (Lipinski definition) is 2. The SMILES string of the molecule is Cc1ccc(C=CC(=O)Nc2cccc(-n3c(C)c[nH]c3=O)c2)o1. The van der Waals surface area contributed by atoms with Gasteiger partial charge in [-0.05, 0) is 50.3 Å². The van der Waals surface area contributed by atoms with E-state index in [1.807, 2.05) is 19.9 Å². The first-order valence-corrected chi connectivity index (χ1v) is 7.46. The van der Waals surface area contributed by atoms with Crippen LogP contribution in [0.5, 0.6) is 0 Å². The number of hydrogen-bond acceptors (Lipinski definition) is 3. The summed E-state index contributed by atoms with van der Waals surface area (Å²) < 4.78 is 6.91. The minimum atomic E-state index is -0.278. The van der Waals surface area contributed by atoms with Gasteiger partial charge in [0.25, 0.3) is 0 Å². The third-order valence-corrected chi connectivity index (χ3v) is 3.49. The van der Waals surface area contributed by atoms with E-state index in [0.29, 0.717) is 17.1 Å². The number of aromatic nitrogens is 2. The molecule has 0 aliphatic carbocycles. The fraction of sp³-hybridized carbons (Fsp3) is 0.111. The average Bonchev–Trinajstić information content (AvgIpc) is 3.11. The first kappa shape index (κ1) is 15.6. The van der Waals surface area contributed by atoms with Crippen LogP contribution < -0.4 is 11.0 Å². The van der Waals surface area contributed by atoms with Gasteiger partial charge in [0, 0.05) is 23.7 Å². The number of carbonyl (C=O) groups excluding carboxylic acids is 1. The fourth-order valence-electron chi connectivity index (χ4n) is 2.38. The number of imidazole rings is 1. The normalized spacial score (nSPS) is 11.1. The molecule has 2 aromatic heterocycles. The zero-order chi connectivity index (χ0) is 17.1. The summed E-state index contributed by atoms with van der Waals surface area (Å²) in [6.45, 7) is 3.67. The first-order valence-electron chi connectivity index (χ1n) is 7.46. The number of aromatic amines is 1. The monoisotopic (exact) mass is 323 g/mol. The van der Waals surface area contributed by atoms with Crippen molar-refractivity contribution < 1.29 is 9.21 Å². The van der Waals surface area contributed by atoms with E-state index < -0.39 is 0 Å². The van der Waals surface area contributed by atoms with Crippen LogP contribution in [0.25, 0.3) is 11.8 Å². The maximum Gasteiger partial charge on any atom is 0.330 e. The van der Waals surface area contributed by atoms with E-state index in [2.05, 4.69) is 10.3 Å². The summed E-state index contributed by atoms with van der Waals surface area (Å²) in [5.41, 5.74) is 1.85. The van der Waals surface area contributed by atoms with E-state index >= 15 is 0 Å². The van der Waals surface area contributed by atoms with Crippen LogP contribution in [0, 0.1) is 13.8 Å². The molecule has 0 saturated heterocycles. The number of H-pyrrole nitrogens is 1. The summed E-state index contributed by atoms with van der Waals surface area (Å²) >= 11 is 0. The molecule has 0 spiro atoms. The molecule has 1 amide bonds. The van der Waals surface area contributed by atoms with Crippen molar-refractivity contribution in [1.82, 2.24) is 9.55 Å². The Morgan fingerprint density at radius 1 is 1.25 bits per heavy atom. The summed E-state index contributed by atoms with van der Waals surface area (Å²) in [6.07, 6.45) is 4.65. The molecule has 6 nitrogen and oxygen atoms in total. The number of rotatable bonds is 4. The Hall–Kier alpha value is -3.28. The lowest BCUT2D eigenvalue weighted by atomic mass is 10.2. The van der Waals surface area contributed by atoms with Crippen molar-refractivity contribution in [2.45, 2.75) is 13.8 Å². The second-order valence-electron chi connectivity index (χ2n) is 5.39. The van der Waals surface area contributed by atoms with Gasteiger partial charge in [-0.3, -0.25) is 9.36 Å². The Bertz CT molecular complexity index is 960. The van der Waals surface area contributed by atoms with Crippen molar-refractivity contribution in [1.29, 1.82) is 0 Å². The van der Waals surface area contributed by atoms with Gasteiger partial charge in [-0.25, -0.2) is 4.79 Å². The average molecular weight is 323 g/mol. The van der Waals surface area contributed by atoms with Crippen molar-refractivity contribution >= 4 is 17.7 Å². The van der Waals surface area contributed by atoms with Crippen LogP contribution in [0.15, 0.2) is 57.9 Å². The van der Waals surface area contributed by atoms with Gasteiger partial charge in [-0.2, -0.15) is 0 Å². The van der Waals surface area contributed by atoms with E-state index in [0.717, 1.165) is 11.5 Å². The zero-order valence-electron chi connectivity index (χ0n) is 13.4. The van der Waals surface area contributed by atoms with Crippen molar-refractivity contribution in [2.75, 3.05) is 5.32 Å². The molecule has 0 radical (unpaired) electrons. The largest absolute Gasteiger partial charge is 0.462 e. The predicted octanol–water partition coefficient (Wildman–Crippen LogP) is 3.03. The summed E-state index contributed by atoms with van der Waals surface area (Å²) in [4.78, 5) is 26.5. The number of anilines is 1. The second-order valence-corrected chi connectivity index (χ2v) is 5.39. The quantitative estimate of drug-likeness (QED) is 0.724. The van der Waals surface area contributed by atoms with E-state index in [9.17, 15) is 9.59 Å². The highest BCUT2D eigenvalue weighted by Gasteiger charge is 2.06. The van der Waals surface area contributed by atoms with Gasteiger partial charge in [-0.15, -0.1) is 0 Å². The zero-order valence-corrected chi connectivity index (χ0v) is 13.4. The lowest BCUT2D eigenvalue weighted by Crippen LogP contribution is -2.16. The number of carbonyl (C=O) groups is 1. The summed E-state index contributed by atoms with van der Waals surface area (Å²) in [6, 6.07) is 10.7. The molecule has 0 aliphatic rings. The van der Waals surface area contributed by atoms with Crippen LogP contribution in [-0.2, 0) is 4.79 Å². The summed E-state index contributed by atoms with van der Waals surface area (Å²) in [7, 11) is 0. The highest BCUT2D eigenvalue weighted by molar-refractivity contribution is 6.01. The van der Waals surface area contributed by atoms with Gasteiger partial charge < -0.3 is 14.7 Å². The van der Waals surface area contributed by atoms with Crippen molar-refractivity contribution in [2.24, 2.45) is 0 Å². The molecule has 122 valence electrons. The lowest BCUT2D eigenvalue weighted by molar-refractivity contribution is -0.111. The Balaban J connectivity index is 1.76. The molecule has 0 aliphatic heterocycles. The van der Waals surface area contributed by atoms with Crippen molar-refractivity contribution in [3.8, 4) is 5.69 Å². The minimum absolute atomic E-state index is 0.218. The molecule has 1 aromatic carbocycles. The number of furan rings is 1. The highest BCUT2D eigenvalue weighted by atomic mass is 16.3. The standard InChI is InChI=1S/C18H17N3O3/c1-12-11-19-18(23)21(12)15-5-3-4-14(10-15)20-17(22)9-8-16-7-6-13(2)24-16/h3-11H,1-2H3,(H,19,23)(H,20,22). The number of nitrogens with zero attached hydrogens (tertiary/aromatic N) is 1. The molecular weight excluding hydrogens is 306 g/mol. The molecule has 6 heteroatoms. The lowest BCUT2D eigenvalue weighted by Gasteiger charge is -2.07. The van der Waals surface area contributed by atoms with Crippen LogP contribution in [0.3, 0.4) is 0 Å². The Morgan fingerprint density at radius 2 is 2.08 bits per heavy atom. The Labute approximate surface area is 138 Å². The molecule has 2 heterocycles. The maximum atomic E-state index is 12.0. The highest BCUT2D eigenvalue weighted by Crippen LogP contribution is 2.15. The molecule has 3 aromatic rings. The number of aryl methyl sites for hydroxylation is 2. The van der Waals surface area contributed by atoms with Gasteiger partial charge in [0.2, 0.25) is 5.91 Å². The minimum Gasteiger partial charge on any atom is -0.462 e. The van der Waals surface area contributed by atoms with Gasteiger partial charge in [0.05, 0.1) is 5.69 Å². The number of nitrogens with one attached hydrogen (secondary N) is 2. The Kier molecular flexibility index (Phi) is 4.20. The smallest absolute Gasteiger partial charge is 0.330 e. The molecule has 0 saturated carbocycles. The van der Waals surface area contributed by atoms with Crippen LogP contribution in [0.4, 0.5) is 5.69 Å². The number of amides is 1. The molecule has 24 heavy (non-hydrogen) atoms. The number of benzene rings is 1. The van der Waals surface area contributed by atoms with Gasteiger partial charge >= 0.3 is 5.69 Å². The second kappa shape index (κ2) is 6.45. The molecule has 0 fully saturated rings. The summed E-state index contributed by atoms with van der Waals surface area (Å²) in [5, 5.41) is 2.77. The molecule has 0 unspecified atom stereocenters. The first-order chi connectivity index (χ1) is 11.5. The van der Waals surface area contributed by atoms with E-state index in [4.69, 9.17) is 4.42 Å². The van der Waals surface area contributed by atoms with Crippen LogP contribution in [-0.4, -0.2) is 15.5 Å². The fourth-order valence-corrected chi connectivity index (χ4v) is 2.38.